The second-order valence-electron chi connectivity index (χ2n) is 8.23. The van der Waals surface area contributed by atoms with Crippen molar-refractivity contribution in [2.75, 3.05) is 52.9 Å². The number of rotatable bonds is 7. The fraction of sp³-hybridized carbons (Fsp3) is 0.824. The molecule has 1 aliphatic rings. The van der Waals surface area contributed by atoms with Crippen molar-refractivity contribution in [1.29, 1.82) is 0 Å². The maximum atomic E-state index is 12.4. The second-order valence-corrected chi connectivity index (χ2v) is 8.23. The van der Waals surface area contributed by atoms with Gasteiger partial charge in [-0.05, 0) is 14.0 Å². The first kappa shape index (κ1) is 21.5. The number of carbonyl (C=O) groups excluding carboxylic acids is 1. The molecule has 0 amide bonds. The van der Waals surface area contributed by atoms with E-state index in [0.717, 1.165) is 0 Å². The lowest BCUT2D eigenvalue weighted by Crippen LogP contribution is -2.58. The standard InChI is InChI=1S/C17H31N3O5/c1-16(2,3)13(21)8-18(5)17(4)11-19(9-14(22)23)6-7-20(12-17)10-15(24)25/h6-12H2,1-5H3,(H,22,23)(H,24,25). The molecule has 1 rings (SSSR count). The number of likely N-dealkylation sites (N-methyl/N-ethyl adjacent to an activating group) is 1. The zero-order chi connectivity index (χ0) is 19.4. The van der Waals surface area contributed by atoms with Crippen LogP contribution in [-0.2, 0) is 14.4 Å². The third-order valence-corrected chi connectivity index (χ3v) is 4.72. The monoisotopic (exact) mass is 357 g/mol. The molecule has 1 fully saturated rings. The average Bonchev–Trinajstić information content (AvgIpc) is 2.56. The molecule has 2 N–H and O–H groups in total. The normalized spacial score (nSPS) is 19.6. The maximum absolute atomic E-state index is 12.4. The number of carboxylic acids is 2. The van der Waals surface area contributed by atoms with Gasteiger partial charge in [0.2, 0.25) is 0 Å². The van der Waals surface area contributed by atoms with Gasteiger partial charge in [-0.2, -0.15) is 0 Å². The van der Waals surface area contributed by atoms with E-state index in [-0.39, 0.29) is 25.4 Å². The molecular formula is C17H31N3O5. The summed E-state index contributed by atoms with van der Waals surface area (Å²) in [5, 5.41) is 18.2. The topological polar surface area (TPSA) is 101 Å². The molecule has 0 radical (unpaired) electrons. The minimum absolute atomic E-state index is 0.0926. The summed E-state index contributed by atoms with van der Waals surface area (Å²) in [5.74, 6) is -1.74. The number of hydrogen-bond acceptors (Lipinski definition) is 6. The van der Waals surface area contributed by atoms with Crippen LogP contribution in [0.4, 0.5) is 0 Å². The van der Waals surface area contributed by atoms with E-state index in [0.29, 0.717) is 26.2 Å². The van der Waals surface area contributed by atoms with Crippen LogP contribution < -0.4 is 0 Å². The molecule has 8 heteroatoms. The highest BCUT2D eigenvalue weighted by Gasteiger charge is 2.38. The molecule has 0 bridgehead atoms. The molecule has 0 spiro atoms. The lowest BCUT2D eigenvalue weighted by atomic mass is 9.89. The molecule has 8 nitrogen and oxygen atoms in total. The minimum atomic E-state index is -0.914. The van der Waals surface area contributed by atoms with Crippen molar-refractivity contribution < 1.29 is 24.6 Å². The molecule has 0 aromatic rings. The Morgan fingerprint density at radius 3 is 1.72 bits per heavy atom. The van der Waals surface area contributed by atoms with Crippen molar-refractivity contribution >= 4 is 17.7 Å². The summed E-state index contributed by atoms with van der Waals surface area (Å²) in [7, 11) is 1.84. The van der Waals surface area contributed by atoms with Gasteiger partial charge in [-0.3, -0.25) is 29.1 Å². The number of carboxylic acid groups (broad SMARTS) is 2. The van der Waals surface area contributed by atoms with Gasteiger partial charge in [0.15, 0.2) is 5.78 Å². The maximum Gasteiger partial charge on any atom is 0.317 e. The predicted molar refractivity (Wildman–Crippen MR) is 93.6 cm³/mol. The highest BCUT2D eigenvalue weighted by atomic mass is 16.4. The highest BCUT2D eigenvalue weighted by molar-refractivity contribution is 5.85. The van der Waals surface area contributed by atoms with E-state index in [4.69, 9.17) is 10.2 Å². The Morgan fingerprint density at radius 1 is 1.00 bits per heavy atom. The Hall–Kier alpha value is -1.51. The molecule has 1 saturated heterocycles. The summed E-state index contributed by atoms with van der Waals surface area (Å²) in [5.41, 5.74) is -0.987. The fourth-order valence-electron chi connectivity index (χ4n) is 2.99. The van der Waals surface area contributed by atoms with Crippen LogP contribution in [0.1, 0.15) is 27.7 Å². The van der Waals surface area contributed by atoms with Gasteiger partial charge in [-0.25, -0.2) is 0 Å². The van der Waals surface area contributed by atoms with Gasteiger partial charge in [0.05, 0.1) is 19.6 Å². The first-order valence-electron chi connectivity index (χ1n) is 8.46. The quantitative estimate of drug-likeness (QED) is 0.660. The van der Waals surface area contributed by atoms with E-state index in [1.165, 1.54) is 0 Å². The van der Waals surface area contributed by atoms with Gasteiger partial charge in [-0.1, -0.05) is 20.8 Å². The van der Waals surface area contributed by atoms with Crippen LogP contribution in [-0.4, -0.2) is 101 Å². The van der Waals surface area contributed by atoms with Gasteiger partial charge >= 0.3 is 11.9 Å². The summed E-state index contributed by atoms with van der Waals surface area (Å²) < 4.78 is 0. The Kier molecular flexibility index (Phi) is 7.10. The van der Waals surface area contributed by atoms with Crippen LogP contribution in [0.25, 0.3) is 0 Å². The van der Waals surface area contributed by atoms with E-state index in [1.54, 1.807) is 0 Å². The van der Waals surface area contributed by atoms with Crippen molar-refractivity contribution in [3.05, 3.63) is 0 Å². The van der Waals surface area contributed by atoms with Gasteiger partial charge < -0.3 is 10.2 Å². The van der Waals surface area contributed by atoms with E-state index < -0.39 is 22.9 Å². The zero-order valence-corrected chi connectivity index (χ0v) is 15.9. The summed E-state index contributed by atoms with van der Waals surface area (Å²) in [6.07, 6.45) is 0. The van der Waals surface area contributed by atoms with Gasteiger partial charge in [0.25, 0.3) is 0 Å². The molecule has 0 atom stereocenters. The van der Waals surface area contributed by atoms with Crippen LogP contribution in [0, 0.1) is 5.41 Å². The molecule has 25 heavy (non-hydrogen) atoms. The van der Waals surface area contributed by atoms with Crippen molar-refractivity contribution in [3.8, 4) is 0 Å². The van der Waals surface area contributed by atoms with Gasteiger partial charge in [0, 0.05) is 37.1 Å². The Balaban J connectivity index is 2.98. The van der Waals surface area contributed by atoms with E-state index in [9.17, 15) is 14.4 Å². The van der Waals surface area contributed by atoms with E-state index >= 15 is 0 Å². The molecule has 0 aromatic heterocycles. The lowest BCUT2D eigenvalue weighted by Gasteiger charge is -2.42. The van der Waals surface area contributed by atoms with Crippen molar-refractivity contribution in [2.45, 2.75) is 33.2 Å². The first-order valence-corrected chi connectivity index (χ1v) is 8.46. The number of carbonyl (C=O) groups is 3. The number of ketones is 1. The number of Topliss-reactive ketones (excluding diaryl/α,β-unsaturated/α-hetero) is 1. The smallest absolute Gasteiger partial charge is 0.317 e. The SMILES string of the molecule is CN(CC(=O)C(C)(C)C)C1(C)CN(CC(=O)O)CCN(CC(=O)O)C1. The lowest BCUT2D eigenvalue weighted by molar-refractivity contribution is -0.139. The van der Waals surface area contributed by atoms with Gasteiger partial charge in [-0.15, -0.1) is 0 Å². The summed E-state index contributed by atoms with van der Waals surface area (Å²) in [4.78, 5) is 40.2. The summed E-state index contributed by atoms with van der Waals surface area (Å²) in [6.45, 7) is 9.48. The molecule has 0 unspecified atom stereocenters. The average molecular weight is 357 g/mol. The Labute approximate surface area is 149 Å². The number of nitrogens with zero attached hydrogens (tertiary/aromatic N) is 3. The third kappa shape index (κ3) is 6.72. The molecule has 0 saturated carbocycles. The fourth-order valence-corrected chi connectivity index (χ4v) is 2.99. The number of hydrogen-bond donors (Lipinski definition) is 2. The molecule has 0 aliphatic carbocycles. The Morgan fingerprint density at radius 2 is 1.40 bits per heavy atom. The van der Waals surface area contributed by atoms with Crippen LogP contribution in [0.3, 0.4) is 0 Å². The van der Waals surface area contributed by atoms with Crippen LogP contribution in [0.15, 0.2) is 0 Å². The van der Waals surface area contributed by atoms with E-state index in [2.05, 4.69) is 0 Å². The van der Waals surface area contributed by atoms with Crippen LogP contribution in [0.2, 0.25) is 0 Å². The largest absolute Gasteiger partial charge is 0.480 e. The highest BCUT2D eigenvalue weighted by Crippen LogP contribution is 2.23. The van der Waals surface area contributed by atoms with Crippen molar-refractivity contribution in [1.82, 2.24) is 14.7 Å². The summed E-state index contributed by atoms with van der Waals surface area (Å²) in [6, 6.07) is 0. The predicted octanol–water partition coefficient (Wildman–Crippen LogP) is 0.0789. The van der Waals surface area contributed by atoms with Crippen molar-refractivity contribution in [3.63, 3.8) is 0 Å². The van der Waals surface area contributed by atoms with E-state index in [1.807, 2.05) is 49.4 Å². The van der Waals surface area contributed by atoms with Gasteiger partial charge in [0.1, 0.15) is 0 Å². The second kappa shape index (κ2) is 8.25. The minimum Gasteiger partial charge on any atom is -0.480 e. The molecular weight excluding hydrogens is 326 g/mol. The third-order valence-electron chi connectivity index (χ3n) is 4.72. The zero-order valence-electron chi connectivity index (χ0n) is 15.9. The Bertz CT molecular complexity index is 489. The van der Waals surface area contributed by atoms with Crippen molar-refractivity contribution in [2.24, 2.45) is 5.41 Å². The summed E-state index contributed by atoms with van der Waals surface area (Å²) >= 11 is 0. The molecule has 1 aliphatic heterocycles. The molecule has 144 valence electrons. The number of aliphatic carboxylic acids is 2. The first-order chi connectivity index (χ1) is 11.3. The molecule has 1 heterocycles. The van der Waals surface area contributed by atoms with Crippen LogP contribution >= 0.6 is 0 Å². The van der Waals surface area contributed by atoms with Crippen LogP contribution in [0.5, 0.6) is 0 Å². The molecule has 0 aromatic carbocycles.